The van der Waals surface area contributed by atoms with Crippen LogP contribution < -0.4 is 21.3 Å². The summed E-state index contributed by atoms with van der Waals surface area (Å²) < 4.78 is 41.9. The average Bonchev–Trinajstić information content (AvgIpc) is 4.14. The molecular weight excluding hydrogens is 879 g/mol. The van der Waals surface area contributed by atoms with Crippen molar-refractivity contribution >= 4 is 24.0 Å². The van der Waals surface area contributed by atoms with E-state index in [0.717, 1.165) is 24.0 Å². The molecule has 0 saturated carbocycles. The zero-order valence-electron chi connectivity index (χ0n) is 39.7. The number of carbonyl (C=O) groups is 4. The van der Waals surface area contributed by atoms with Crippen molar-refractivity contribution in [2.75, 3.05) is 26.2 Å². The lowest BCUT2D eigenvalue weighted by Crippen LogP contribution is -2.53. The lowest BCUT2D eigenvalue weighted by Gasteiger charge is -2.33. The van der Waals surface area contributed by atoms with E-state index in [4.69, 9.17) is 9.47 Å². The smallest absolute Gasteiger partial charge is 0.408 e. The zero-order chi connectivity index (χ0) is 48.3. The highest BCUT2D eigenvalue weighted by Crippen LogP contribution is 2.34. The molecule has 4 amide bonds. The largest absolute Gasteiger partial charge is 0.444 e. The number of hydrogen-bond donors (Lipinski definition) is 4. The molecule has 2 aromatic heterocycles. The van der Waals surface area contributed by atoms with E-state index in [9.17, 15) is 28.0 Å². The lowest BCUT2D eigenvalue weighted by molar-refractivity contribution is -0.136. The molecule has 8 atom stereocenters. The normalized spacial score (nSPS) is 23.2. The molecule has 18 nitrogen and oxygen atoms in total. The van der Waals surface area contributed by atoms with Crippen LogP contribution in [0.2, 0.25) is 0 Å². The summed E-state index contributed by atoms with van der Waals surface area (Å²) in [6.07, 6.45) is 5.14. The van der Waals surface area contributed by atoms with Crippen LogP contribution >= 0.6 is 0 Å². The number of halogens is 2. The number of aromatic nitrogens is 6. The molecule has 4 aliphatic rings. The van der Waals surface area contributed by atoms with Gasteiger partial charge in [-0.05, 0) is 116 Å². The molecule has 2 aromatic carbocycles. The molecule has 0 radical (unpaired) electrons. The van der Waals surface area contributed by atoms with Crippen LogP contribution in [0.1, 0.15) is 80.1 Å². The Morgan fingerprint density at radius 3 is 1.40 bits per heavy atom. The van der Waals surface area contributed by atoms with Gasteiger partial charge in [-0.15, -0.1) is 10.2 Å². The monoisotopic (exact) mass is 943 g/mol. The Hall–Kier alpha value is -6.02. The van der Waals surface area contributed by atoms with E-state index in [1.807, 2.05) is 22.2 Å². The number of fused-ring (bicyclic) bond motifs is 2. The van der Waals surface area contributed by atoms with E-state index in [-0.39, 0.29) is 72.3 Å². The van der Waals surface area contributed by atoms with Crippen molar-refractivity contribution in [3.05, 3.63) is 72.6 Å². The predicted octanol–water partition coefficient (Wildman–Crippen LogP) is 4.91. The molecule has 0 spiro atoms. The summed E-state index contributed by atoms with van der Waals surface area (Å²) in [4.78, 5) is 59.6. The quantitative estimate of drug-likeness (QED) is 0.118. The molecule has 68 heavy (non-hydrogen) atoms. The minimum Gasteiger partial charge on any atom is -0.444 e. The van der Waals surface area contributed by atoms with Gasteiger partial charge in [0.25, 0.3) is 0 Å². The van der Waals surface area contributed by atoms with Gasteiger partial charge in [0, 0.05) is 74.3 Å². The van der Waals surface area contributed by atoms with Gasteiger partial charge in [0.1, 0.15) is 46.3 Å². The summed E-state index contributed by atoms with van der Waals surface area (Å²) in [5.41, 5.74) is 1.12. The summed E-state index contributed by atoms with van der Waals surface area (Å²) in [6, 6.07) is 10.1. The molecule has 4 fully saturated rings. The van der Waals surface area contributed by atoms with Gasteiger partial charge >= 0.3 is 12.2 Å². The van der Waals surface area contributed by atoms with Gasteiger partial charge < -0.3 is 40.5 Å². The first-order valence-corrected chi connectivity index (χ1v) is 23.8. The van der Waals surface area contributed by atoms with E-state index in [1.54, 1.807) is 75.2 Å². The fourth-order valence-corrected chi connectivity index (χ4v) is 10.2. The molecule has 0 bridgehead atoms. The Balaban J connectivity index is 0.934. The van der Waals surface area contributed by atoms with Crippen LogP contribution in [-0.4, -0.2) is 137 Å². The highest BCUT2D eigenvalue weighted by molar-refractivity contribution is 5.87. The highest BCUT2D eigenvalue weighted by atomic mass is 19.1. The van der Waals surface area contributed by atoms with Crippen molar-refractivity contribution in [3.63, 3.8) is 0 Å². The molecule has 8 rings (SSSR count). The third-order valence-electron chi connectivity index (χ3n) is 13.1. The molecular formula is C48H64F2N12O6. The van der Waals surface area contributed by atoms with E-state index < -0.39 is 35.5 Å². The van der Waals surface area contributed by atoms with Crippen molar-refractivity contribution in [1.29, 1.82) is 0 Å². The van der Waals surface area contributed by atoms with Crippen molar-refractivity contribution in [2.45, 2.75) is 141 Å². The maximum atomic E-state index is 14.6. The molecule has 4 aliphatic heterocycles. The summed E-state index contributed by atoms with van der Waals surface area (Å²) in [5.74, 6) is -1.12. The maximum absolute atomic E-state index is 14.6. The molecule has 20 heteroatoms. The van der Waals surface area contributed by atoms with Crippen LogP contribution in [-0.2, 0) is 32.2 Å². The summed E-state index contributed by atoms with van der Waals surface area (Å²) >= 11 is 0. The van der Waals surface area contributed by atoms with E-state index in [2.05, 4.69) is 41.9 Å². The Kier molecular flexibility index (Phi) is 14.5. The second kappa shape index (κ2) is 20.3. The van der Waals surface area contributed by atoms with Crippen molar-refractivity contribution in [3.8, 4) is 22.5 Å². The minimum atomic E-state index is -0.917. The first kappa shape index (κ1) is 48.4. The number of alkyl carbamates (subject to hydrolysis) is 2. The van der Waals surface area contributed by atoms with Gasteiger partial charge in [0.2, 0.25) is 11.8 Å². The topological polar surface area (TPSA) is 203 Å². The van der Waals surface area contributed by atoms with Gasteiger partial charge in [0.05, 0.1) is 24.5 Å². The van der Waals surface area contributed by atoms with Crippen LogP contribution in [0, 0.1) is 23.5 Å². The van der Waals surface area contributed by atoms with Crippen LogP contribution in [0.4, 0.5) is 18.4 Å². The number of amides is 4. The molecule has 0 aliphatic carbocycles. The van der Waals surface area contributed by atoms with Crippen LogP contribution in [0.15, 0.2) is 60.9 Å². The van der Waals surface area contributed by atoms with Gasteiger partial charge in [-0.3, -0.25) is 19.0 Å². The fourth-order valence-electron chi connectivity index (χ4n) is 10.2. The number of unbranched alkanes of at least 4 members (excludes halogenated alkanes) is 1. The van der Waals surface area contributed by atoms with Gasteiger partial charge in [0.15, 0.2) is 0 Å². The first-order chi connectivity index (χ1) is 32.4. The number of hydrogen-bond acceptors (Lipinski definition) is 12. The molecule has 6 heterocycles. The molecule has 4 aromatic rings. The molecule has 2 unspecified atom stereocenters. The van der Waals surface area contributed by atoms with Crippen molar-refractivity contribution < 1.29 is 37.4 Å². The summed E-state index contributed by atoms with van der Waals surface area (Å²) in [6.45, 7) is 13.9. The van der Waals surface area contributed by atoms with Gasteiger partial charge in [-0.25, -0.2) is 18.4 Å². The zero-order valence-corrected chi connectivity index (χ0v) is 39.7. The van der Waals surface area contributed by atoms with E-state index in [0.29, 0.717) is 63.5 Å². The summed E-state index contributed by atoms with van der Waals surface area (Å²) in [7, 11) is 0. The number of nitrogens with one attached hydrogen (secondary N) is 4. The van der Waals surface area contributed by atoms with Crippen LogP contribution in [0.5, 0.6) is 0 Å². The third-order valence-corrected chi connectivity index (χ3v) is 13.1. The summed E-state index contributed by atoms with van der Waals surface area (Å²) in [5, 5.41) is 30.2. The van der Waals surface area contributed by atoms with Crippen LogP contribution in [0.25, 0.3) is 22.5 Å². The Morgan fingerprint density at radius 1 is 0.647 bits per heavy atom. The maximum Gasteiger partial charge on any atom is 0.408 e. The number of ether oxygens (including phenoxy) is 2. The van der Waals surface area contributed by atoms with Crippen LogP contribution in [0.3, 0.4) is 0 Å². The van der Waals surface area contributed by atoms with E-state index in [1.165, 1.54) is 24.3 Å². The second-order valence-corrected chi connectivity index (χ2v) is 20.5. The minimum absolute atomic E-state index is 0.00273. The number of benzene rings is 2. The number of likely N-dealkylation sites (tertiary alicyclic amines) is 2. The third kappa shape index (κ3) is 11.8. The second-order valence-electron chi connectivity index (χ2n) is 20.5. The number of nitrogens with zero attached hydrogens (tertiary/aromatic N) is 8. The molecule has 4 saturated heterocycles. The number of carbonyl (C=O) groups excluding carboxylic acids is 4. The lowest BCUT2D eigenvalue weighted by atomic mass is 9.97. The Morgan fingerprint density at radius 2 is 1.03 bits per heavy atom. The first-order valence-electron chi connectivity index (χ1n) is 23.8. The van der Waals surface area contributed by atoms with Crippen molar-refractivity contribution in [1.82, 2.24) is 61.1 Å². The Bertz CT molecular complexity index is 2230. The number of rotatable bonds is 15. The molecule has 4 N–H and O–H groups in total. The van der Waals surface area contributed by atoms with Crippen molar-refractivity contribution in [2.24, 2.45) is 11.8 Å². The fraction of sp³-hybridized carbons (Fsp3) is 0.583. The van der Waals surface area contributed by atoms with Gasteiger partial charge in [-0.1, -0.05) is 23.3 Å². The van der Waals surface area contributed by atoms with E-state index >= 15 is 0 Å². The Labute approximate surface area is 395 Å². The standard InChI is InChI=1S/C48H64F2N12O6/c1-47(2,3)67-45(65)53-37(43(63)61-21-19-35-41(61)31(23-51-35)25-59-27-39(55-57-59)29-11-15-33(49)16-12-29)9-7-8-10-38(54-46(66)68-48(4,5)6)44(64)62-22-20-36-42(62)32(24-52-36)26-60-28-40(56-58-60)30-13-17-34(50)18-14-30/h11-18,27-28,31-32,35-38,41-42,51-52H,7-10,19-26H2,1-6H3,(H,53,65)(H,54,66)/t31-,32-,35-,36-,37?,38?,41-,42-/m1/s1. The molecule has 366 valence electrons. The SMILES string of the molecule is CC(C)(C)OC(=O)NC(CCCCC(NC(=O)OC(C)(C)C)C(=O)N1CC[C@H]2NC[C@H](Cn3cc(-c4ccc(F)cc4)nn3)[C@H]21)C(=O)N1CC[C@H]2NC[C@H](Cn3cc(-c4ccc(F)cc4)nn3)[C@H]21. The highest BCUT2D eigenvalue weighted by Gasteiger charge is 2.49. The predicted molar refractivity (Wildman–Crippen MR) is 246 cm³/mol. The van der Waals surface area contributed by atoms with Gasteiger partial charge in [-0.2, -0.15) is 0 Å². The average molecular weight is 943 g/mol.